The molecule has 0 radical (unpaired) electrons. The summed E-state index contributed by atoms with van der Waals surface area (Å²) in [6.07, 6.45) is 3.99. The Kier molecular flexibility index (Phi) is 4.69. The Morgan fingerprint density at radius 3 is 2.58 bits per heavy atom. The van der Waals surface area contributed by atoms with Crippen molar-refractivity contribution in [1.29, 1.82) is 0 Å². The van der Waals surface area contributed by atoms with E-state index in [1.54, 1.807) is 17.0 Å². The van der Waals surface area contributed by atoms with E-state index in [9.17, 15) is 14.0 Å². The number of nitrogens with one attached hydrogen (secondary N) is 1. The normalized spacial score (nSPS) is 25.0. The highest BCUT2D eigenvalue weighted by molar-refractivity contribution is 5.94. The zero-order valence-electron chi connectivity index (χ0n) is 15.0. The number of benzene rings is 1. The molecule has 1 unspecified atom stereocenters. The van der Waals surface area contributed by atoms with Crippen LogP contribution in [0.2, 0.25) is 0 Å². The third-order valence-electron chi connectivity index (χ3n) is 6.25. The smallest absolute Gasteiger partial charge is 0.254 e. The van der Waals surface area contributed by atoms with Gasteiger partial charge in [-0.15, -0.1) is 0 Å². The van der Waals surface area contributed by atoms with Crippen LogP contribution in [0.5, 0.6) is 0 Å². The molecule has 6 heteroatoms. The molecule has 1 N–H and O–H groups in total. The first-order valence-corrected chi connectivity index (χ1v) is 9.63. The maximum atomic E-state index is 13.4. The van der Waals surface area contributed by atoms with Crippen LogP contribution < -0.4 is 5.32 Å². The van der Waals surface area contributed by atoms with Crippen molar-refractivity contribution in [2.45, 2.75) is 25.7 Å². The van der Waals surface area contributed by atoms with Gasteiger partial charge in [0.25, 0.3) is 5.91 Å². The second-order valence-corrected chi connectivity index (χ2v) is 7.85. The molecule has 1 spiro atoms. The van der Waals surface area contributed by atoms with Crippen LogP contribution in [0.4, 0.5) is 4.39 Å². The molecule has 1 saturated carbocycles. The maximum absolute atomic E-state index is 13.4. The first-order valence-electron chi connectivity index (χ1n) is 9.63. The van der Waals surface area contributed by atoms with Crippen molar-refractivity contribution in [2.24, 2.45) is 11.3 Å². The standard InChI is InChI=1S/C20H26FN3O2/c21-16-4-1-3-15(13-16)18(25)23-9-2-10-24(12-11-23)19(26)17-14-20(17)5-7-22-8-6-20/h1,3-4,13,17,22H,2,5-12,14H2. The Morgan fingerprint density at radius 2 is 1.81 bits per heavy atom. The van der Waals surface area contributed by atoms with Crippen molar-refractivity contribution in [1.82, 2.24) is 15.1 Å². The van der Waals surface area contributed by atoms with Crippen LogP contribution in [0.15, 0.2) is 24.3 Å². The van der Waals surface area contributed by atoms with E-state index >= 15 is 0 Å². The highest BCUT2D eigenvalue weighted by atomic mass is 19.1. The number of rotatable bonds is 2. The fraction of sp³-hybridized carbons (Fsp3) is 0.600. The van der Waals surface area contributed by atoms with Gasteiger partial charge in [0.1, 0.15) is 5.82 Å². The van der Waals surface area contributed by atoms with Gasteiger partial charge in [-0.05, 0) is 62.4 Å². The van der Waals surface area contributed by atoms with Crippen LogP contribution in [-0.4, -0.2) is 60.9 Å². The zero-order chi connectivity index (χ0) is 18.1. The predicted molar refractivity (Wildman–Crippen MR) is 96.1 cm³/mol. The molecular weight excluding hydrogens is 333 g/mol. The minimum absolute atomic E-state index is 0.153. The second kappa shape index (κ2) is 6.99. The molecule has 1 atom stereocenters. The molecule has 4 rings (SSSR count). The van der Waals surface area contributed by atoms with Gasteiger partial charge in [-0.2, -0.15) is 0 Å². The lowest BCUT2D eigenvalue weighted by atomic mass is 9.91. The largest absolute Gasteiger partial charge is 0.341 e. The highest BCUT2D eigenvalue weighted by Gasteiger charge is 2.58. The minimum atomic E-state index is -0.400. The van der Waals surface area contributed by atoms with Crippen LogP contribution in [-0.2, 0) is 4.79 Å². The average Bonchev–Trinajstić information content (AvgIpc) is 3.40. The molecule has 5 nitrogen and oxygen atoms in total. The summed E-state index contributed by atoms with van der Waals surface area (Å²) in [5, 5.41) is 3.37. The van der Waals surface area contributed by atoms with E-state index in [-0.39, 0.29) is 23.1 Å². The number of hydrogen-bond acceptors (Lipinski definition) is 3. The Hall–Kier alpha value is -1.95. The van der Waals surface area contributed by atoms with Crippen LogP contribution >= 0.6 is 0 Å². The zero-order valence-corrected chi connectivity index (χ0v) is 15.0. The van der Waals surface area contributed by atoms with Crippen LogP contribution in [0, 0.1) is 17.2 Å². The Balaban J connectivity index is 1.36. The van der Waals surface area contributed by atoms with Gasteiger partial charge in [0, 0.05) is 37.7 Å². The Bertz CT molecular complexity index is 702. The van der Waals surface area contributed by atoms with Crippen molar-refractivity contribution in [3.63, 3.8) is 0 Å². The summed E-state index contributed by atoms with van der Waals surface area (Å²) in [6.45, 7) is 4.43. The minimum Gasteiger partial charge on any atom is -0.341 e. The van der Waals surface area contributed by atoms with Crippen molar-refractivity contribution < 1.29 is 14.0 Å². The Labute approximate surface area is 153 Å². The van der Waals surface area contributed by atoms with E-state index in [2.05, 4.69) is 5.32 Å². The molecule has 0 bridgehead atoms. The SMILES string of the molecule is O=C(c1cccc(F)c1)N1CCCN(C(=O)C2CC23CCNCC3)CC1. The summed E-state index contributed by atoms with van der Waals surface area (Å²) in [5.74, 6) is -0.106. The van der Waals surface area contributed by atoms with Gasteiger partial charge in [-0.25, -0.2) is 4.39 Å². The predicted octanol–water partition coefficient (Wildman–Crippen LogP) is 1.89. The van der Waals surface area contributed by atoms with Gasteiger partial charge < -0.3 is 15.1 Å². The fourth-order valence-electron chi connectivity index (χ4n) is 4.54. The van der Waals surface area contributed by atoms with Crippen molar-refractivity contribution >= 4 is 11.8 Å². The third kappa shape index (κ3) is 3.34. The summed E-state index contributed by atoms with van der Waals surface area (Å²) < 4.78 is 13.4. The molecule has 26 heavy (non-hydrogen) atoms. The molecule has 1 aliphatic carbocycles. The Morgan fingerprint density at radius 1 is 1.08 bits per heavy atom. The average molecular weight is 359 g/mol. The number of hydrogen-bond donors (Lipinski definition) is 1. The van der Waals surface area contributed by atoms with Crippen molar-refractivity contribution in [2.75, 3.05) is 39.3 Å². The number of piperidine rings is 1. The number of amides is 2. The van der Waals surface area contributed by atoms with Gasteiger partial charge in [-0.3, -0.25) is 9.59 Å². The van der Waals surface area contributed by atoms with Gasteiger partial charge in [0.05, 0.1) is 0 Å². The van der Waals surface area contributed by atoms with E-state index in [4.69, 9.17) is 0 Å². The number of carbonyl (C=O) groups excluding carboxylic acids is 2. The molecule has 140 valence electrons. The molecule has 3 fully saturated rings. The number of carbonyl (C=O) groups is 2. The molecule has 1 aromatic carbocycles. The van der Waals surface area contributed by atoms with Crippen LogP contribution in [0.25, 0.3) is 0 Å². The summed E-state index contributed by atoms with van der Waals surface area (Å²) in [7, 11) is 0. The van der Waals surface area contributed by atoms with E-state index < -0.39 is 5.82 Å². The molecule has 1 aromatic rings. The first kappa shape index (κ1) is 17.5. The van der Waals surface area contributed by atoms with Crippen molar-refractivity contribution in [3.05, 3.63) is 35.6 Å². The highest BCUT2D eigenvalue weighted by Crippen LogP contribution is 2.59. The van der Waals surface area contributed by atoms with Gasteiger partial charge in [0.15, 0.2) is 0 Å². The molecule has 0 aromatic heterocycles. The summed E-state index contributed by atoms with van der Waals surface area (Å²) in [5.41, 5.74) is 0.617. The molecule has 2 saturated heterocycles. The van der Waals surface area contributed by atoms with Crippen LogP contribution in [0.1, 0.15) is 36.0 Å². The lowest BCUT2D eigenvalue weighted by Gasteiger charge is -2.26. The monoisotopic (exact) mass is 359 g/mol. The summed E-state index contributed by atoms with van der Waals surface area (Å²) in [4.78, 5) is 29.2. The topological polar surface area (TPSA) is 52.7 Å². The third-order valence-corrected chi connectivity index (χ3v) is 6.25. The fourth-order valence-corrected chi connectivity index (χ4v) is 4.54. The molecule has 2 aliphatic heterocycles. The quantitative estimate of drug-likeness (QED) is 0.877. The second-order valence-electron chi connectivity index (χ2n) is 7.85. The van der Waals surface area contributed by atoms with Gasteiger partial charge >= 0.3 is 0 Å². The van der Waals surface area contributed by atoms with Crippen LogP contribution in [0.3, 0.4) is 0 Å². The molecule has 3 aliphatic rings. The first-order chi connectivity index (χ1) is 12.6. The number of nitrogens with zero attached hydrogens (tertiary/aromatic N) is 2. The lowest BCUT2D eigenvalue weighted by molar-refractivity contribution is -0.133. The molecular formula is C20H26FN3O2. The van der Waals surface area contributed by atoms with E-state index in [1.807, 2.05) is 4.90 Å². The summed E-state index contributed by atoms with van der Waals surface area (Å²) >= 11 is 0. The van der Waals surface area contributed by atoms with Gasteiger partial charge in [0.2, 0.25) is 5.91 Å². The van der Waals surface area contributed by atoms with E-state index in [0.717, 1.165) is 38.8 Å². The summed E-state index contributed by atoms with van der Waals surface area (Å²) in [6, 6.07) is 5.82. The number of halogens is 1. The molecule has 2 amide bonds. The van der Waals surface area contributed by atoms with E-state index in [0.29, 0.717) is 31.7 Å². The maximum Gasteiger partial charge on any atom is 0.254 e. The van der Waals surface area contributed by atoms with Crippen molar-refractivity contribution in [3.8, 4) is 0 Å². The molecule has 2 heterocycles. The van der Waals surface area contributed by atoms with E-state index in [1.165, 1.54) is 12.1 Å². The lowest BCUT2D eigenvalue weighted by Crippen LogP contribution is -2.39. The van der Waals surface area contributed by atoms with Gasteiger partial charge in [-0.1, -0.05) is 6.07 Å².